The highest BCUT2D eigenvalue weighted by molar-refractivity contribution is 5.96. The van der Waals surface area contributed by atoms with Crippen molar-refractivity contribution in [2.75, 3.05) is 5.43 Å². The Bertz CT molecular complexity index is 789. The van der Waals surface area contributed by atoms with E-state index in [4.69, 9.17) is 4.74 Å². The summed E-state index contributed by atoms with van der Waals surface area (Å²) in [6, 6.07) is 26.4. The Hall–Kier alpha value is -3.27. The molecule has 0 bridgehead atoms. The first-order valence-electron chi connectivity index (χ1n) is 7.70. The van der Waals surface area contributed by atoms with Crippen LogP contribution in [-0.2, 0) is 6.61 Å². The SMILES string of the molecule is O=C(NNc1ccccc1)c1ccccc1COc1ccccc1. The number of hydrogen-bond acceptors (Lipinski definition) is 3. The second kappa shape index (κ2) is 7.83. The maximum atomic E-state index is 12.4. The molecule has 0 aliphatic carbocycles. The lowest BCUT2D eigenvalue weighted by molar-refractivity contribution is 0.0960. The van der Waals surface area contributed by atoms with Crippen LogP contribution in [0.15, 0.2) is 84.9 Å². The van der Waals surface area contributed by atoms with E-state index in [1.807, 2.05) is 78.9 Å². The van der Waals surface area contributed by atoms with Crippen molar-refractivity contribution in [1.29, 1.82) is 0 Å². The molecule has 120 valence electrons. The smallest absolute Gasteiger partial charge is 0.270 e. The number of carbonyl (C=O) groups is 1. The van der Waals surface area contributed by atoms with Crippen molar-refractivity contribution in [2.45, 2.75) is 6.61 Å². The predicted octanol–water partition coefficient (Wildman–Crippen LogP) is 4.02. The van der Waals surface area contributed by atoms with Gasteiger partial charge in [0.15, 0.2) is 0 Å². The first-order chi connectivity index (χ1) is 11.8. The average molecular weight is 318 g/mol. The van der Waals surface area contributed by atoms with Gasteiger partial charge in [0, 0.05) is 11.1 Å². The maximum Gasteiger partial charge on any atom is 0.270 e. The van der Waals surface area contributed by atoms with Gasteiger partial charge in [-0.1, -0.05) is 54.6 Å². The molecule has 24 heavy (non-hydrogen) atoms. The summed E-state index contributed by atoms with van der Waals surface area (Å²) in [6.07, 6.45) is 0. The Morgan fingerprint density at radius 2 is 1.42 bits per heavy atom. The van der Waals surface area contributed by atoms with Gasteiger partial charge in [-0.25, -0.2) is 0 Å². The largest absolute Gasteiger partial charge is 0.489 e. The highest BCUT2D eigenvalue weighted by Gasteiger charge is 2.11. The summed E-state index contributed by atoms with van der Waals surface area (Å²) in [7, 11) is 0. The van der Waals surface area contributed by atoms with Crippen molar-refractivity contribution in [3.8, 4) is 5.75 Å². The summed E-state index contributed by atoms with van der Waals surface area (Å²) in [5, 5.41) is 0. The van der Waals surface area contributed by atoms with E-state index in [2.05, 4.69) is 10.9 Å². The summed E-state index contributed by atoms with van der Waals surface area (Å²) in [6.45, 7) is 0.332. The lowest BCUT2D eigenvalue weighted by Crippen LogP contribution is -2.30. The zero-order valence-corrected chi connectivity index (χ0v) is 13.1. The predicted molar refractivity (Wildman–Crippen MR) is 94.7 cm³/mol. The van der Waals surface area contributed by atoms with E-state index in [1.165, 1.54) is 0 Å². The topological polar surface area (TPSA) is 50.4 Å². The van der Waals surface area contributed by atoms with Gasteiger partial charge in [0.2, 0.25) is 0 Å². The van der Waals surface area contributed by atoms with Crippen LogP contribution in [0.2, 0.25) is 0 Å². The maximum absolute atomic E-state index is 12.4. The molecule has 0 saturated heterocycles. The number of benzene rings is 3. The van der Waals surface area contributed by atoms with Crippen molar-refractivity contribution in [3.05, 3.63) is 96.1 Å². The van der Waals surface area contributed by atoms with Crippen LogP contribution in [0, 0.1) is 0 Å². The number of hydrazine groups is 1. The molecule has 0 aliphatic rings. The number of carbonyl (C=O) groups excluding carboxylic acids is 1. The van der Waals surface area contributed by atoms with Crippen LogP contribution < -0.4 is 15.6 Å². The van der Waals surface area contributed by atoms with E-state index in [-0.39, 0.29) is 5.91 Å². The fraction of sp³-hybridized carbons (Fsp3) is 0.0500. The van der Waals surface area contributed by atoms with E-state index in [0.29, 0.717) is 12.2 Å². The first kappa shape index (κ1) is 15.6. The zero-order chi connectivity index (χ0) is 16.6. The second-order valence-corrected chi connectivity index (χ2v) is 5.20. The number of anilines is 1. The third-order valence-corrected chi connectivity index (χ3v) is 3.49. The number of para-hydroxylation sites is 2. The highest BCUT2D eigenvalue weighted by Crippen LogP contribution is 2.15. The molecule has 0 fully saturated rings. The van der Waals surface area contributed by atoms with E-state index >= 15 is 0 Å². The molecule has 0 aliphatic heterocycles. The standard InChI is InChI=1S/C20H18N2O2/c23-20(22-21-17-10-3-1-4-11-17)19-14-8-7-9-16(19)15-24-18-12-5-2-6-13-18/h1-14,21H,15H2,(H,22,23). The fourth-order valence-corrected chi connectivity index (χ4v) is 2.26. The lowest BCUT2D eigenvalue weighted by Gasteiger charge is -2.12. The number of hydrogen-bond donors (Lipinski definition) is 2. The van der Waals surface area contributed by atoms with Crippen LogP contribution in [0.5, 0.6) is 5.75 Å². The highest BCUT2D eigenvalue weighted by atomic mass is 16.5. The summed E-state index contributed by atoms with van der Waals surface area (Å²) >= 11 is 0. The first-order valence-corrected chi connectivity index (χ1v) is 7.70. The Morgan fingerprint density at radius 1 is 0.792 bits per heavy atom. The van der Waals surface area contributed by atoms with Crippen molar-refractivity contribution >= 4 is 11.6 Å². The number of amides is 1. The molecule has 0 atom stereocenters. The van der Waals surface area contributed by atoms with E-state index in [1.54, 1.807) is 6.07 Å². The Kier molecular flexibility index (Phi) is 5.10. The van der Waals surface area contributed by atoms with Crippen molar-refractivity contribution < 1.29 is 9.53 Å². The van der Waals surface area contributed by atoms with Gasteiger partial charge in [0.05, 0.1) is 5.69 Å². The number of ether oxygens (including phenoxy) is 1. The number of nitrogens with one attached hydrogen (secondary N) is 2. The molecule has 3 rings (SSSR count). The molecule has 1 amide bonds. The van der Waals surface area contributed by atoms with E-state index in [0.717, 1.165) is 17.0 Å². The monoisotopic (exact) mass is 318 g/mol. The minimum absolute atomic E-state index is 0.203. The molecule has 0 spiro atoms. The normalized spacial score (nSPS) is 10.0. The molecule has 2 N–H and O–H groups in total. The van der Waals surface area contributed by atoms with Crippen LogP contribution >= 0.6 is 0 Å². The minimum Gasteiger partial charge on any atom is -0.489 e. The van der Waals surface area contributed by atoms with Gasteiger partial charge in [-0.2, -0.15) is 0 Å². The average Bonchev–Trinajstić information content (AvgIpc) is 2.66. The minimum atomic E-state index is -0.203. The Labute approximate surface area is 141 Å². The van der Waals surface area contributed by atoms with E-state index < -0.39 is 0 Å². The van der Waals surface area contributed by atoms with Gasteiger partial charge in [0.1, 0.15) is 12.4 Å². The molecule has 4 heteroatoms. The summed E-state index contributed by atoms with van der Waals surface area (Å²) < 4.78 is 5.75. The molecular formula is C20H18N2O2. The Morgan fingerprint density at radius 3 is 2.17 bits per heavy atom. The van der Waals surface area contributed by atoms with Crippen LogP contribution in [0.25, 0.3) is 0 Å². The molecular weight excluding hydrogens is 300 g/mol. The van der Waals surface area contributed by atoms with Gasteiger partial charge in [-0.05, 0) is 30.3 Å². The van der Waals surface area contributed by atoms with Crippen LogP contribution in [0.4, 0.5) is 5.69 Å². The van der Waals surface area contributed by atoms with Gasteiger partial charge in [0.25, 0.3) is 5.91 Å². The molecule has 0 saturated carbocycles. The zero-order valence-electron chi connectivity index (χ0n) is 13.1. The molecule has 3 aromatic rings. The van der Waals surface area contributed by atoms with Crippen molar-refractivity contribution in [3.63, 3.8) is 0 Å². The lowest BCUT2D eigenvalue weighted by atomic mass is 10.1. The molecule has 0 radical (unpaired) electrons. The molecule has 0 aromatic heterocycles. The van der Waals surface area contributed by atoms with Gasteiger partial charge < -0.3 is 4.74 Å². The molecule has 4 nitrogen and oxygen atoms in total. The van der Waals surface area contributed by atoms with Crippen LogP contribution in [0.1, 0.15) is 15.9 Å². The summed E-state index contributed by atoms with van der Waals surface area (Å²) in [5.74, 6) is 0.571. The fourth-order valence-electron chi connectivity index (χ4n) is 2.26. The number of rotatable bonds is 6. The summed E-state index contributed by atoms with van der Waals surface area (Å²) in [5.41, 5.74) is 7.84. The Balaban J connectivity index is 1.65. The molecule has 0 unspecified atom stereocenters. The quantitative estimate of drug-likeness (QED) is 0.675. The third-order valence-electron chi connectivity index (χ3n) is 3.49. The van der Waals surface area contributed by atoms with Gasteiger partial charge in [-0.15, -0.1) is 0 Å². The third kappa shape index (κ3) is 4.14. The summed E-state index contributed by atoms with van der Waals surface area (Å²) in [4.78, 5) is 12.4. The second-order valence-electron chi connectivity index (χ2n) is 5.20. The van der Waals surface area contributed by atoms with Crippen molar-refractivity contribution in [2.24, 2.45) is 0 Å². The van der Waals surface area contributed by atoms with Gasteiger partial charge in [-0.3, -0.25) is 15.6 Å². The molecule has 3 aromatic carbocycles. The van der Waals surface area contributed by atoms with Crippen LogP contribution in [0.3, 0.4) is 0 Å². The van der Waals surface area contributed by atoms with Gasteiger partial charge >= 0.3 is 0 Å². The van der Waals surface area contributed by atoms with E-state index in [9.17, 15) is 4.79 Å². The van der Waals surface area contributed by atoms with Crippen LogP contribution in [-0.4, -0.2) is 5.91 Å². The van der Waals surface area contributed by atoms with Crippen molar-refractivity contribution in [1.82, 2.24) is 5.43 Å². The molecule has 0 heterocycles.